The summed E-state index contributed by atoms with van der Waals surface area (Å²) in [4.78, 5) is 43.5. The van der Waals surface area contributed by atoms with E-state index in [1.165, 1.54) is 17.1 Å². The number of nitrogens with one attached hydrogen (secondary N) is 1. The van der Waals surface area contributed by atoms with Gasteiger partial charge < -0.3 is 19.9 Å². The maximum atomic E-state index is 13.6. The van der Waals surface area contributed by atoms with Crippen molar-refractivity contribution in [3.05, 3.63) is 65.5 Å². The number of fused-ring (bicyclic) bond motifs is 1. The van der Waals surface area contributed by atoms with Crippen LogP contribution < -0.4 is 10.1 Å². The fraction of sp³-hybridized carbons (Fsp3) is 0.444. The lowest BCUT2D eigenvalue weighted by atomic mass is 10.0. The van der Waals surface area contributed by atoms with E-state index in [-0.39, 0.29) is 43.3 Å². The van der Waals surface area contributed by atoms with Gasteiger partial charge in [-0.05, 0) is 60.2 Å². The molecule has 4 rings (SSSR count). The summed E-state index contributed by atoms with van der Waals surface area (Å²) in [5.74, 6) is 0.874. The SMILES string of the molecule is COc1ccc(CCN2C[C@H]3N(C(=O)CN(C)N3C(=O)NCc3ccc(F)cc3)[C@@H](CCSC)C2=O)cc1. The molecule has 0 bridgehead atoms. The molecule has 0 saturated carbocycles. The Hall–Kier alpha value is -3.31. The molecule has 2 atom stereocenters. The van der Waals surface area contributed by atoms with Crippen LogP contribution in [0.4, 0.5) is 9.18 Å². The van der Waals surface area contributed by atoms with Crippen molar-refractivity contribution in [3.63, 3.8) is 0 Å². The second-order valence-corrected chi connectivity index (χ2v) is 10.4. The second-order valence-electron chi connectivity index (χ2n) is 9.41. The molecule has 2 aromatic rings. The summed E-state index contributed by atoms with van der Waals surface area (Å²) in [7, 11) is 3.31. The molecule has 11 heteroatoms. The molecule has 2 fully saturated rings. The van der Waals surface area contributed by atoms with Crippen molar-refractivity contribution in [2.45, 2.75) is 31.6 Å². The van der Waals surface area contributed by atoms with Gasteiger partial charge in [0.05, 0.1) is 20.2 Å². The Labute approximate surface area is 226 Å². The van der Waals surface area contributed by atoms with Crippen LogP contribution in [0.15, 0.2) is 48.5 Å². The summed E-state index contributed by atoms with van der Waals surface area (Å²) in [5, 5.41) is 6.02. The highest BCUT2D eigenvalue weighted by Crippen LogP contribution is 2.28. The van der Waals surface area contributed by atoms with E-state index in [9.17, 15) is 18.8 Å². The molecule has 204 valence electrons. The Kier molecular flexibility index (Phi) is 9.11. The molecular weight excluding hydrogens is 509 g/mol. The second kappa shape index (κ2) is 12.5. The lowest BCUT2D eigenvalue weighted by Gasteiger charge is -2.54. The largest absolute Gasteiger partial charge is 0.497 e. The van der Waals surface area contributed by atoms with Gasteiger partial charge in [-0.1, -0.05) is 24.3 Å². The summed E-state index contributed by atoms with van der Waals surface area (Å²) >= 11 is 1.62. The van der Waals surface area contributed by atoms with Crippen molar-refractivity contribution in [2.75, 3.05) is 45.8 Å². The standard InChI is InChI=1S/C27H34FN5O4S/c1-30-18-25(34)32-23(13-15-38-3)26(35)31(14-12-19-6-10-22(37-2)11-7-19)17-24(32)33(30)27(36)29-16-20-4-8-21(28)9-5-20/h4-11,23-24H,12-18H2,1-3H3,(H,29,36)/t23-,24-/m0/s1. The van der Waals surface area contributed by atoms with Gasteiger partial charge in [-0.2, -0.15) is 11.8 Å². The van der Waals surface area contributed by atoms with Crippen LogP contribution in [-0.2, 0) is 22.6 Å². The first-order valence-corrected chi connectivity index (χ1v) is 14.0. The van der Waals surface area contributed by atoms with E-state index in [1.807, 2.05) is 30.5 Å². The van der Waals surface area contributed by atoms with E-state index in [1.54, 1.807) is 52.9 Å². The van der Waals surface area contributed by atoms with Gasteiger partial charge in [-0.3, -0.25) is 9.59 Å². The fourth-order valence-corrected chi connectivity index (χ4v) is 5.39. The van der Waals surface area contributed by atoms with Gasteiger partial charge in [0.1, 0.15) is 23.8 Å². The van der Waals surface area contributed by atoms with Crippen molar-refractivity contribution in [2.24, 2.45) is 0 Å². The highest BCUT2D eigenvalue weighted by molar-refractivity contribution is 7.98. The number of hydrazine groups is 1. The number of nitrogens with zero attached hydrogens (tertiary/aromatic N) is 4. The topological polar surface area (TPSA) is 85.4 Å². The zero-order valence-electron chi connectivity index (χ0n) is 21.9. The fourth-order valence-electron chi connectivity index (χ4n) is 4.93. The van der Waals surface area contributed by atoms with E-state index in [0.717, 1.165) is 16.9 Å². The molecule has 0 spiro atoms. The average Bonchev–Trinajstić information content (AvgIpc) is 2.91. The normalized spacial score (nSPS) is 19.9. The zero-order valence-corrected chi connectivity index (χ0v) is 22.7. The van der Waals surface area contributed by atoms with Crippen LogP contribution in [0.5, 0.6) is 5.75 Å². The van der Waals surface area contributed by atoms with Gasteiger partial charge in [-0.25, -0.2) is 19.2 Å². The van der Waals surface area contributed by atoms with Gasteiger partial charge in [0, 0.05) is 20.1 Å². The van der Waals surface area contributed by atoms with Gasteiger partial charge in [-0.15, -0.1) is 0 Å². The number of benzene rings is 2. The number of carbonyl (C=O) groups is 3. The highest BCUT2D eigenvalue weighted by atomic mass is 32.2. The number of methoxy groups -OCH3 is 1. The predicted molar refractivity (Wildman–Crippen MR) is 144 cm³/mol. The molecule has 0 unspecified atom stereocenters. The van der Waals surface area contributed by atoms with Crippen molar-refractivity contribution in [1.82, 2.24) is 25.1 Å². The lowest BCUT2D eigenvalue weighted by Crippen LogP contribution is -2.76. The molecule has 2 aliphatic heterocycles. The number of urea groups is 1. The Morgan fingerprint density at radius 1 is 1.11 bits per heavy atom. The van der Waals surface area contributed by atoms with Gasteiger partial charge >= 0.3 is 6.03 Å². The van der Waals surface area contributed by atoms with Crippen LogP contribution in [0.1, 0.15) is 17.5 Å². The maximum absolute atomic E-state index is 13.6. The lowest BCUT2D eigenvalue weighted by molar-refractivity contribution is -0.187. The third-order valence-electron chi connectivity index (χ3n) is 6.93. The summed E-state index contributed by atoms with van der Waals surface area (Å²) in [5.41, 5.74) is 1.82. The number of likely N-dealkylation sites (N-methyl/N-ethyl adjacent to an activating group) is 1. The van der Waals surface area contributed by atoms with Crippen LogP contribution >= 0.6 is 11.8 Å². The van der Waals surface area contributed by atoms with Crippen molar-refractivity contribution < 1.29 is 23.5 Å². The molecular formula is C27H34FN5O4S. The number of carbonyl (C=O) groups excluding carboxylic acids is 3. The Balaban J connectivity index is 1.53. The molecule has 4 amide bonds. The van der Waals surface area contributed by atoms with Gasteiger partial charge in [0.25, 0.3) is 0 Å². The van der Waals surface area contributed by atoms with E-state index in [2.05, 4.69) is 5.32 Å². The first kappa shape index (κ1) is 27.7. The van der Waals surface area contributed by atoms with Crippen LogP contribution in [0.3, 0.4) is 0 Å². The average molecular weight is 544 g/mol. The smallest absolute Gasteiger partial charge is 0.334 e. The minimum absolute atomic E-state index is 0.00460. The summed E-state index contributed by atoms with van der Waals surface area (Å²) < 4.78 is 18.5. The molecule has 2 aliphatic rings. The Morgan fingerprint density at radius 3 is 2.45 bits per heavy atom. The minimum Gasteiger partial charge on any atom is -0.497 e. The molecule has 1 N–H and O–H groups in total. The quantitative estimate of drug-likeness (QED) is 0.524. The number of ether oxygens (including phenoxy) is 1. The van der Waals surface area contributed by atoms with Crippen LogP contribution in [0.2, 0.25) is 0 Å². The van der Waals surface area contributed by atoms with Crippen LogP contribution in [0, 0.1) is 5.82 Å². The zero-order chi connectivity index (χ0) is 27.2. The number of piperazine rings is 1. The van der Waals surface area contributed by atoms with Gasteiger partial charge in [0.2, 0.25) is 11.8 Å². The van der Waals surface area contributed by atoms with E-state index in [0.29, 0.717) is 25.1 Å². The number of thioether (sulfide) groups is 1. The third kappa shape index (κ3) is 6.21. The van der Waals surface area contributed by atoms with E-state index in [4.69, 9.17) is 4.74 Å². The minimum atomic E-state index is -0.634. The monoisotopic (exact) mass is 543 g/mol. The number of rotatable bonds is 9. The van der Waals surface area contributed by atoms with Crippen molar-refractivity contribution in [1.29, 1.82) is 0 Å². The maximum Gasteiger partial charge on any atom is 0.334 e. The molecule has 2 heterocycles. The van der Waals surface area contributed by atoms with E-state index < -0.39 is 12.2 Å². The molecule has 0 aliphatic carbocycles. The molecule has 38 heavy (non-hydrogen) atoms. The van der Waals surface area contributed by atoms with E-state index >= 15 is 0 Å². The molecule has 0 radical (unpaired) electrons. The number of hydrogen-bond donors (Lipinski definition) is 1. The highest BCUT2D eigenvalue weighted by Gasteiger charge is 2.50. The van der Waals surface area contributed by atoms with Crippen LogP contribution in [0.25, 0.3) is 0 Å². The first-order valence-electron chi connectivity index (χ1n) is 12.6. The predicted octanol–water partition coefficient (Wildman–Crippen LogP) is 2.57. The molecule has 0 aromatic heterocycles. The molecule has 2 aromatic carbocycles. The number of halogens is 1. The molecule has 2 saturated heterocycles. The third-order valence-corrected chi connectivity index (χ3v) is 7.57. The molecule has 9 nitrogen and oxygen atoms in total. The number of hydrogen-bond acceptors (Lipinski definition) is 6. The van der Waals surface area contributed by atoms with Gasteiger partial charge in [0.15, 0.2) is 0 Å². The Morgan fingerprint density at radius 2 is 1.79 bits per heavy atom. The van der Waals surface area contributed by atoms with Crippen LogP contribution in [-0.4, -0.2) is 95.7 Å². The summed E-state index contributed by atoms with van der Waals surface area (Å²) in [6, 6.07) is 12.6. The summed E-state index contributed by atoms with van der Waals surface area (Å²) in [6.07, 6.45) is 2.48. The van der Waals surface area contributed by atoms with Crippen molar-refractivity contribution in [3.8, 4) is 5.75 Å². The summed E-state index contributed by atoms with van der Waals surface area (Å²) in [6.45, 7) is 0.883. The van der Waals surface area contributed by atoms with Crippen molar-refractivity contribution >= 4 is 29.6 Å². The number of amides is 4. The first-order chi connectivity index (χ1) is 18.3. The Bertz CT molecular complexity index is 1130.